The predicted molar refractivity (Wildman–Crippen MR) is 239 cm³/mol. The van der Waals surface area contributed by atoms with Crippen molar-refractivity contribution in [1.82, 2.24) is 0 Å². The Labute approximate surface area is 323 Å². The lowest BCUT2D eigenvalue weighted by molar-refractivity contribution is 1.61. The van der Waals surface area contributed by atoms with E-state index in [1.807, 2.05) is 18.2 Å². The second-order valence-electron chi connectivity index (χ2n) is 15.0. The Morgan fingerprint density at radius 1 is 0.268 bits per heavy atom. The molecule has 0 bridgehead atoms. The van der Waals surface area contributed by atoms with Crippen LogP contribution >= 0.6 is 0 Å². The Morgan fingerprint density at radius 3 is 1.52 bits per heavy atom. The van der Waals surface area contributed by atoms with Crippen molar-refractivity contribution in [3.05, 3.63) is 199 Å². The van der Waals surface area contributed by atoms with Crippen LogP contribution < -0.4 is 0 Å². The summed E-state index contributed by atoms with van der Waals surface area (Å²) in [6.45, 7) is 7.57. The van der Waals surface area contributed by atoms with Crippen LogP contribution in [0.25, 0.3) is 125 Å². The minimum Gasteiger partial charge on any atom is -0.238 e. The molecule has 56 heavy (non-hydrogen) atoms. The van der Waals surface area contributed by atoms with Gasteiger partial charge < -0.3 is 0 Å². The molecule has 0 N–H and O–H groups in total. The molecule has 12 aromatic carbocycles. The van der Waals surface area contributed by atoms with Gasteiger partial charge in [-0.2, -0.15) is 0 Å². The molecule has 0 aliphatic heterocycles. The summed E-state index contributed by atoms with van der Waals surface area (Å²) >= 11 is 0. The summed E-state index contributed by atoms with van der Waals surface area (Å²) in [4.78, 5) is 3.69. The van der Waals surface area contributed by atoms with Crippen molar-refractivity contribution in [3.8, 4) is 44.5 Å². The van der Waals surface area contributed by atoms with Crippen LogP contribution in [-0.4, -0.2) is 0 Å². The summed E-state index contributed by atoms with van der Waals surface area (Å²) in [7, 11) is 0. The van der Waals surface area contributed by atoms with Crippen molar-refractivity contribution in [2.45, 2.75) is 0 Å². The number of benzene rings is 10. The van der Waals surface area contributed by atoms with Crippen LogP contribution in [-0.2, 0) is 0 Å². The van der Waals surface area contributed by atoms with Crippen LogP contribution in [0.2, 0.25) is 0 Å². The lowest BCUT2D eigenvalue weighted by Crippen LogP contribution is -1.91. The minimum absolute atomic E-state index is 0.651. The second kappa shape index (κ2) is 11.7. The number of nitrogens with zero attached hydrogens (tertiary/aromatic N) is 1. The highest BCUT2D eigenvalue weighted by Crippen LogP contribution is 2.55. The maximum absolute atomic E-state index is 7.57. The average molecular weight is 706 g/mol. The van der Waals surface area contributed by atoms with E-state index in [1.54, 1.807) is 0 Å². The third-order valence-corrected chi connectivity index (χ3v) is 12.1. The second-order valence-corrected chi connectivity index (χ2v) is 15.0. The first-order valence-corrected chi connectivity index (χ1v) is 19.2. The van der Waals surface area contributed by atoms with Gasteiger partial charge in [0.1, 0.15) is 0 Å². The van der Waals surface area contributed by atoms with Gasteiger partial charge in [0.15, 0.2) is 5.69 Å². The highest BCUT2D eigenvalue weighted by molar-refractivity contribution is 6.45. The Hall–Kier alpha value is -7.53. The van der Waals surface area contributed by atoms with Crippen molar-refractivity contribution in [2.75, 3.05) is 0 Å². The van der Waals surface area contributed by atoms with Gasteiger partial charge in [-0.05, 0) is 138 Å². The molecule has 256 valence electrons. The maximum atomic E-state index is 7.57. The van der Waals surface area contributed by atoms with Crippen molar-refractivity contribution >= 4 is 81.1 Å². The predicted octanol–water partition coefficient (Wildman–Crippen LogP) is 15.9. The lowest BCUT2D eigenvalue weighted by atomic mass is 9.84. The molecular weight excluding hydrogens is 675 g/mol. The van der Waals surface area contributed by atoms with Crippen LogP contribution in [0.1, 0.15) is 0 Å². The number of hydrogen-bond donors (Lipinski definition) is 0. The molecule has 0 heterocycles. The minimum atomic E-state index is 0.651. The molecule has 0 atom stereocenters. The Balaban J connectivity index is 1.28. The van der Waals surface area contributed by atoms with E-state index >= 15 is 0 Å². The molecule has 12 aromatic rings. The fourth-order valence-corrected chi connectivity index (χ4v) is 9.88. The van der Waals surface area contributed by atoms with Gasteiger partial charge in [0, 0.05) is 0 Å². The standard InChI is InChI=1S/C55H31N/c1-56-38-21-11-19-36(31-38)35-18-10-20-37(30-35)39-28-29-46-51-42(39)24-12-27-45(51)54-49(33-14-4-2-5-15-33)48-32-47-41-23-9-8-22-40(41)43-25-13-26-44(52(43)47)53(48)50(55(46)54)34-16-6-3-7-17-34/h2-32H. The highest BCUT2D eigenvalue weighted by Gasteiger charge is 2.26. The molecule has 12 rings (SSSR count). The molecule has 1 nitrogen and oxygen atoms in total. The van der Waals surface area contributed by atoms with Crippen molar-refractivity contribution in [1.29, 1.82) is 0 Å². The summed E-state index contributed by atoms with van der Waals surface area (Å²) in [6.07, 6.45) is 0. The zero-order valence-electron chi connectivity index (χ0n) is 30.3. The van der Waals surface area contributed by atoms with Gasteiger partial charge >= 0.3 is 0 Å². The first kappa shape index (κ1) is 30.9. The van der Waals surface area contributed by atoms with Crippen molar-refractivity contribution in [2.24, 2.45) is 0 Å². The zero-order chi connectivity index (χ0) is 36.9. The molecule has 0 fully saturated rings. The van der Waals surface area contributed by atoms with Gasteiger partial charge in [-0.15, -0.1) is 0 Å². The summed E-state index contributed by atoms with van der Waals surface area (Å²) in [5.74, 6) is 0. The van der Waals surface area contributed by atoms with Gasteiger partial charge in [-0.3, -0.25) is 0 Å². The highest BCUT2D eigenvalue weighted by atomic mass is 14.6. The van der Waals surface area contributed by atoms with E-state index in [2.05, 4.69) is 175 Å². The molecule has 0 aliphatic carbocycles. The topological polar surface area (TPSA) is 4.36 Å². The third kappa shape index (κ3) is 4.24. The van der Waals surface area contributed by atoms with Gasteiger partial charge in [0.2, 0.25) is 0 Å². The lowest BCUT2D eigenvalue weighted by Gasteiger charge is -2.19. The smallest absolute Gasteiger partial charge is 0.187 e. The molecule has 0 spiro atoms. The van der Waals surface area contributed by atoms with E-state index in [0.717, 1.165) is 16.7 Å². The van der Waals surface area contributed by atoms with Gasteiger partial charge in [-0.1, -0.05) is 170 Å². The van der Waals surface area contributed by atoms with E-state index in [1.165, 1.54) is 103 Å². The molecule has 0 amide bonds. The summed E-state index contributed by atoms with van der Waals surface area (Å²) in [5.41, 5.74) is 10.2. The quantitative estimate of drug-likeness (QED) is 0.127. The van der Waals surface area contributed by atoms with Crippen molar-refractivity contribution < 1.29 is 0 Å². The molecule has 0 unspecified atom stereocenters. The largest absolute Gasteiger partial charge is 0.238 e. The summed E-state index contributed by atoms with van der Waals surface area (Å²) in [6, 6.07) is 68.7. The first-order chi connectivity index (χ1) is 27.8. The van der Waals surface area contributed by atoms with Crippen LogP contribution in [0, 0.1) is 6.57 Å². The van der Waals surface area contributed by atoms with Crippen LogP contribution in [0.3, 0.4) is 0 Å². The molecule has 0 aliphatic rings. The van der Waals surface area contributed by atoms with E-state index in [0.29, 0.717) is 5.69 Å². The average Bonchev–Trinajstić information content (AvgIpc) is 3.78. The van der Waals surface area contributed by atoms with Crippen LogP contribution in [0.4, 0.5) is 5.69 Å². The van der Waals surface area contributed by atoms with E-state index < -0.39 is 0 Å². The number of rotatable bonds is 4. The number of hydrogen-bond acceptors (Lipinski definition) is 0. The third-order valence-electron chi connectivity index (χ3n) is 12.1. The Morgan fingerprint density at radius 2 is 0.768 bits per heavy atom. The van der Waals surface area contributed by atoms with Gasteiger partial charge in [-0.25, -0.2) is 4.85 Å². The molecule has 0 radical (unpaired) electrons. The maximum Gasteiger partial charge on any atom is 0.187 e. The van der Waals surface area contributed by atoms with Gasteiger partial charge in [0.05, 0.1) is 6.57 Å². The fraction of sp³-hybridized carbons (Fsp3) is 0. The van der Waals surface area contributed by atoms with Crippen LogP contribution in [0.5, 0.6) is 0 Å². The van der Waals surface area contributed by atoms with E-state index in [9.17, 15) is 0 Å². The Bertz CT molecular complexity index is 3570. The molecule has 0 saturated heterocycles. The molecule has 0 saturated carbocycles. The summed E-state index contributed by atoms with van der Waals surface area (Å²) in [5, 5.41) is 18.2. The fourth-order valence-electron chi connectivity index (χ4n) is 9.88. The van der Waals surface area contributed by atoms with E-state index in [-0.39, 0.29) is 0 Å². The molecule has 0 aromatic heterocycles. The van der Waals surface area contributed by atoms with Crippen LogP contribution in [0.15, 0.2) is 188 Å². The first-order valence-electron chi connectivity index (χ1n) is 19.2. The number of fused-ring (bicyclic) bond motifs is 8. The molecule has 1 heteroatoms. The SMILES string of the molecule is [C-]#[N+]c1cccc(-c2cccc(-c3ccc4c5c(-c6ccccc6)c6c(cc7c8ccccc8c8cccc6c87)c(-c6ccccc6)c5c5cccc3c54)c2)c1. The normalized spacial score (nSPS) is 11.9. The van der Waals surface area contributed by atoms with E-state index in [4.69, 9.17) is 6.57 Å². The zero-order valence-corrected chi connectivity index (χ0v) is 30.3. The van der Waals surface area contributed by atoms with Crippen molar-refractivity contribution in [3.63, 3.8) is 0 Å². The monoisotopic (exact) mass is 705 g/mol. The molecular formula is C55H31N. The summed E-state index contributed by atoms with van der Waals surface area (Å²) < 4.78 is 0. The Kier molecular flexibility index (Phi) is 6.47. The van der Waals surface area contributed by atoms with Gasteiger partial charge in [0.25, 0.3) is 0 Å².